The molecule has 16 heavy (non-hydrogen) atoms. The molecule has 0 aliphatic carbocycles. The minimum Gasteiger partial charge on any atom is -0.496 e. The third-order valence-electron chi connectivity index (χ3n) is 2.30. The number of rotatable bonds is 3. The maximum atomic E-state index is 5.34. The van der Waals surface area contributed by atoms with Crippen molar-refractivity contribution in [1.82, 2.24) is 0 Å². The van der Waals surface area contributed by atoms with Gasteiger partial charge >= 0.3 is 0 Å². The molecule has 0 aliphatic rings. The van der Waals surface area contributed by atoms with Crippen LogP contribution >= 0.6 is 31.9 Å². The van der Waals surface area contributed by atoms with Crippen LogP contribution in [0, 0.1) is 0 Å². The van der Waals surface area contributed by atoms with Crippen molar-refractivity contribution in [3.8, 4) is 5.75 Å². The van der Waals surface area contributed by atoms with Gasteiger partial charge in [-0.15, -0.1) is 0 Å². The van der Waals surface area contributed by atoms with E-state index in [0.717, 1.165) is 21.3 Å². The summed E-state index contributed by atoms with van der Waals surface area (Å²) < 4.78 is 11.4. The highest BCUT2D eigenvalue weighted by Gasteiger charge is 2.16. The van der Waals surface area contributed by atoms with Crippen molar-refractivity contribution < 1.29 is 9.15 Å². The van der Waals surface area contributed by atoms with Crippen LogP contribution in [-0.2, 0) is 0 Å². The zero-order valence-electron chi connectivity index (χ0n) is 8.61. The molecule has 84 valence electrons. The van der Waals surface area contributed by atoms with Crippen LogP contribution in [0.2, 0.25) is 0 Å². The quantitative estimate of drug-likeness (QED) is 0.762. The number of benzene rings is 1. The molecule has 0 saturated heterocycles. The van der Waals surface area contributed by atoms with E-state index in [4.69, 9.17) is 9.15 Å². The monoisotopic (exact) mass is 344 g/mol. The Kier molecular flexibility index (Phi) is 3.71. The van der Waals surface area contributed by atoms with Gasteiger partial charge in [0.15, 0.2) is 0 Å². The Morgan fingerprint density at radius 3 is 2.75 bits per heavy atom. The lowest BCUT2D eigenvalue weighted by Crippen LogP contribution is -1.95. The normalized spacial score (nSPS) is 12.4. The fourth-order valence-electron chi connectivity index (χ4n) is 1.50. The molecule has 0 amide bonds. The molecule has 1 atom stereocenters. The van der Waals surface area contributed by atoms with Gasteiger partial charge in [-0.1, -0.05) is 31.9 Å². The Hall–Kier alpha value is -0.740. The van der Waals surface area contributed by atoms with E-state index in [2.05, 4.69) is 31.9 Å². The summed E-state index contributed by atoms with van der Waals surface area (Å²) in [7, 11) is 1.67. The molecule has 0 aliphatic heterocycles. The number of furan rings is 1. The molecular weight excluding hydrogens is 336 g/mol. The third kappa shape index (κ3) is 2.33. The van der Waals surface area contributed by atoms with Crippen LogP contribution in [0.5, 0.6) is 5.75 Å². The Morgan fingerprint density at radius 1 is 1.31 bits per heavy atom. The van der Waals surface area contributed by atoms with Gasteiger partial charge in [0.1, 0.15) is 5.75 Å². The molecule has 1 unspecified atom stereocenters. The molecule has 2 aromatic rings. The molecule has 1 aromatic carbocycles. The van der Waals surface area contributed by atoms with Crippen LogP contribution in [0.25, 0.3) is 0 Å². The maximum Gasteiger partial charge on any atom is 0.123 e. The van der Waals surface area contributed by atoms with E-state index in [-0.39, 0.29) is 4.83 Å². The maximum absolute atomic E-state index is 5.34. The van der Waals surface area contributed by atoms with Crippen LogP contribution < -0.4 is 4.74 Å². The van der Waals surface area contributed by atoms with Crippen LogP contribution in [0.1, 0.15) is 16.0 Å². The summed E-state index contributed by atoms with van der Waals surface area (Å²) in [4.78, 5) is 0.0682. The average molecular weight is 346 g/mol. The van der Waals surface area contributed by atoms with E-state index in [1.165, 1.54) is 0 Å². The molecule has 2 rings (SSSR count). The van der Waals surface area contributed by atoms with E-state index in [9.17, 15) is 0 Å². The highest BCUT2D eigenvalue weighted by Crippen LogP contribution is 2.38. The van der Waals surface area contributed by atoms with Gasteiger partial charge in [-0.2, -0.15) is 0 Å². The van der Waals surface area contributed by atoms with Crippen molar-refractivity contribution in [2.45, 2.75) is 4.83 Å². The number of methoxy groups -OCH3 is 1. The summed E-state index contributed by atoms with van der Waals surface area (Å²) in [6.45, 7) is 0. The van der Waals surface area contributed by atoms with E-state index in [1.807, 2.05) is 24.3 Å². The van der Waals surface area contributed by atoms with Crippen molar-refractivity contribution in [1.29, 1.82) is 0 Å². The summed E-state index contributed by atoms with van der Waals surface area (Å²) in [6.07, 6.45) is 3.38. The van der Waals surface area contributed by atoms with Crippen molar-refractivity contribution in [2.24, 2.45) is 0 Å². The molecule has 0 spiro atoms. The molecule has 4 heteroatoms. The largest absolute Gasteiger partial charge is 0.496 e. The van der Waals surface area contributed by atoms with Crippen LogP contribution in [-0.4, -0.2) is 7.11 Å². The third-order valence-corrected chi connectivity index (χ3v) is 3.82. The topological polar surface area (TPSA) is 22.4 Å². The van der Waals surface area contributed by atoms with Gasteiger partial charge in [-0.3, -0.25) is 0 Å². The number of ether oxygens (including phenoxy) is 1. The smallest absolute Gasteiger partial charge is 0.123 e. The summed E-state index contributed by atoms with van der Waals surface area (Å²) in [5, 5.41) is 0. The number of alkyl halides is 1. The van der Waals surface area contributed by atoms with Gasteiger partial charge in [-0.25, -0.2) is 0 Å². The molecule has 0 saturated carbocycles. The molecule has 0 N–H and O–H groups in total. The number of hydrogen-bond donors (Lipinski definition) is 0. The number of hydrogen-bond acceptors (Lipinski definition) is 2. The molecule has 0 radical (unpaired) electrons. The second kappa shape index (κ2) is 5.06. The van der Waals surface area contributed by atoms with Crippen LogP contribution in [0.3, 0.4) is 0 Å². The zero-order valence-corrected chi connectivity index (χ0v) is 11.8. The lowest BCUT2D eigenvalue weighted by atomic mass is 10.1. The zero-order chi connectivity index (χ0) is 11.5. The molecule has 0 fully saturated rings. The Balaban J connectivity index is 2.42. The highest BCUT2D eigenvalue weighted by molar-refractivity contribution is 9.10. The van der Waals surface area contributed by atoms with E-state index in [0.29, 0.717) is 0 Å². The first-order valence-electron chi connectivity index (χ1n) is 4.72. The summed E-state index contributed by atoms with van der Waals surface area (Å²) in [6, 6.07) is 7.86. The van der Waals surface area contributed by atoms with Gasteiger partial charge in [0.05, 0.1) is 24.5 Å². The van der Waals surface area contributed by atoms with E-state index in [1.54, 1.807) is 19.6 Å². The van der Waals surface area contributed by atoms with Crippen molar-refractivity contribution in [3.63, 3.8) is 0 Å². The van der Waals surface area contributed by atoms with Crippen molar-refractivity contribution in [3.05, 3.63) is 52.4 Å². The molecule has 1 aromatic heterocycles. The Labute approximate surface area is 111 Å². The van der Waals surface area contributed by atoms with Crippen molar-refractivity contribution in [2.75, 3.05) is 7.11 Å². The summed E-state index contributed by atoms with van der Waals surface area (Å²) in [5.41, 5.74) is 2.13. The average Bonchev–Trinajstić information content (AvgIpc) is 2.81. The molecule has 0 bridgehead atoms. The van der Waals surface area contributed by atoms with Gasteiger partial charge in [0.2, 0.25) is 0 Å². The lowest BCUT2D eigenvalue weighted by molar-refractivity contribution is 0.410. The fourth-order valence-corrected chi connectivity index (χ4v) is 2.50. The minimum atomic E-state index is 0.0682. The van der Waals surface area contributed by atoms with E-state index < -0.39 is 0 Å². The summed E-state index contributed by atoms with van der Waals surface area (Å²) >= 11 is 7.10. The molecule has 2 nitrogen and oxygen atoms in total. The van der Waals surface area contributed by atoms with Crippen LogP contribution in [0.4, 0.5) is 0 Å². The fraction of sp³-hybridized carbons (Fsp3) is 0.167. The highest BCUT2D eigenvalue weighted by atomic mass is 79.9. The first-order chi connectivity index (χ1) is 7.72. The first kappa shape index (κ1) is 11.7. The van der Waals surface area contributed by atoms with Crippen LogP contribution in [0.15, 0.2) is 45.7 Å². The SMILES string of the molecule is COc1ccc(Br)cc1C(Br)c1ccoc1. The second-order valence-electron chi connectivity index (χ2n) is 3.31. The first-order valence-corrected chi connectivity index (χ1v) is 6.43. The number of halogens is 2. The predicted molar refractivity (Wildman–Crippen MR) is 70.2 cm³/mol. The molecule has 1 heterocycles. The van der Waals surface area contributed by atoms with Gasteiger partial charge in [0, 0.05) is 15.6 Å². The van der Waals surface area contributed by atoms with Crippen molar-refractivity contribution >= 4 is 31.9 Å². The second-order valence-corrected chi connectivity index (χ2v) is 5.14. The Morgan fingerprint density at radius 2 is 2.12 bits per heavy atom. The molecular formula is C12H10Br2O2. The van der Waals surface area contributed by atoms with Gasteiger partial charge in [-0.05, 0) is 24.3 Å². The van der Waals surface area contributed by atoms with Gasteiger partial charge in [0.25, 0.3) is 0 Å². The lowest BCUT2D eigenvalue weighted by Gasteiger charge is -2.13. The summed E-state index contributed by atoms with van der Waals surface area (Å²) in [5.74, 6) is 0.853. The van der Waals surface area contributed by atoms with E-state index >= 15 is 0 Å². The predicted octanol–water partition coefficient (Wildman–Crippen LogP) is 4.54. The van der Waals surface area contributed by atoms with Gasteiger partial charge < -0.3 is 9.15 Å². The Bertz CT molecular complexity index is 466. The minimum absolute atomic E-state index is 0.0682. The standard InChI is InChI=1S/C12H10Br2O2/c1-15-11-3-2-9(13)6-10(11)12(14)8-4-5-16-7-8/h2-7,12H,1H3.